The van der Waals surface area contributed by atoms with E-state index < -0.39 is 0 Å². The summed E-state index contributed by atoms with van der Waals surface area (Å²) in [7, 11) is 3.20. The fourth-order valence-electron chi connectivity index (χ4n) is 3.48. The molecular formula is C21H26N2O4. The second-order valence-electron chi connectivity index (χ2n) is 6.88. The molecule has 1 aromatic heterocycles. The highest BCUT2D eigenvalue weighted by Gasteiger charge is 2.35. The third-order valence-corrected chi connectivity index (χ3v) is 5.08. The number of aliphatic hydroxyl groups excluding tert-OH is 1. The Labute approximate surface area is 159 Å². The monoisotopic (exact) mass is 370 g/mol. The number of pyridine rings is 1. The van der Waals surface area contributed by atoms with Gasteiger partial charge in [-0.15, -0.1) is 0 Å². The molecule has 1 fully saturated rings. The van der Waals surface area contributed by atoms with Crippen LogP contribution in [0.5, 0.6) is 11.6 Å². The normalized spacial score (nSPS) is 19.7. The Balaban J connectivity index is 1.65. The molecule has 144 valence electrons. The first-order chi connectivity index (χ1) is 13.1. The summed E-state index contributed by atoms with van der Waals surface area (Å²) in [5.74, 6) is 1.52. The predicted octanol–water partition coefficient (Wildman–Crippen LogP) is 2.66. The number of benzene rings is 1. The number of aryl methyl sites for hydroxylation is 1. The average molecular weight is 370 g/mol. The predicted molar refractivity (Wildman–Crippen MR) is 102 cm³/mol. The van der Waals surface area contributed by atoms with Gasteiger partial charge in [-0.1, -0.05) is 24.3 Å². The molecule has 1 saturated carbocycles. The maximum Gasteiger partial charge on any atom is 0.220 e. The molecule has 1 aliphatic carbocycles. The molecule has 6 nitrogen and oxygen atoms in total. The number of amides is 1. The van der Waals surface area contributed by atoms with E-state index in [9.17, 15) is 9.90 Å². The fourth-order valence-corrected chi connectivity index (χ4v) is 3.48. The molecule has 3 rings (SSSR count). The molecule has 1 heterocycles. The number of ether oxygens (including phenoxy) is 2. The number of methoxy groups -OCH3 is 2. The molecule has 2 N–H and O–H groups in total. The van der Waals surface area contributed by atoms with E-state index in [4.69, 9.17) is 9.47 Å². The molecule has 6 heteroatoms. The van der Waals surface area contributed by atoms with Crippen LogP contribution in [-0.4, -0.2) is 36.3 Å². The van der Waals surface area contributed by atoms with Gasteiger partial charge in [0.15, 0.2) is 0 Å². The molecule has 0 bridgehead atoms. The minimum absolute atomic E-state index is 0.0249. The lowest BCUT2D eigenvalue weighted by Gasteiger charge is -2.38. The number of para-hydroxylation sites is 1. The highest BCUT2D eigenvalue weighted by atomic mass is 16.5. The molecule has 0 radical (unpaired) electrons. The third-order valence-electron chi connectivity index (χ3n) is 5.08. The van der Waals surface area contributed by atoms with Gasteiger partial charge in [-0.3, -0.25) is 4.79 Å². The summed E-state index contributed by atoms with van der Waals surface area (Å²) in [5, 5.41) is 12.8. The molecule has 1 aromatic carbocycles. The number of aromatic nitrogens is 1. The van der Waals surface area contributed by atoms with Gasteiger partial charge >= 0.3 is 0 Å². The highest BCUT2D eigenvalue weighted by Crippen LogP contribution is 2.38. The van der Waals surface area contributed by atoms with Crippen molar-refractivity contribution in [1.82, 2.24) is 10.3 Å². The van der Waals surface area contributed by atoms with E-state index in [2.05, 4.69) is 10.3 Å². The van der Waals surface area contributed by atoms with E-state index >= 15 is 0 Å². The SMILES string of the molecule is COc1ccc([C@@H](NC(=O)CCc2ccccc2OC)C2CC(O)C2)cn1. The Hall–Kier alpha value is -2.60. The fraction of sp³-hybridized carbons (Fsp3) is 0.429. The van der Waals surface area contributed by atoms with Crippen LogP contribution in [0.1, 0.15) is 36.4 Å². The van der Waals surface area contributed by atoms with Crippen LogP contribution in [0.25, 0.3) is 0 Å². The highest BCUT2D eigenvalue weighted by molar-refractivity contribution is 5.77. The number of nitrogens with one attached hydrogen (secondary N) is 1. The second-order valence-corrected chi connectivity index (χ2v) is 6.88. The van der Waals surface area contributed by atoms with E-state index in [0.29, 0.717) is 31.6 Å². The summed E-state index contributed by atoms with van der Waals surface area (Å²) < 4.78 is 10.5. The van der Waals surface area contributed by atoms with E-state index in [0.717, 1.165) is 16.9 Å². The van der Waals surface area contributed by atoms with Crippen LogP contribution in [0.15, 0.2) is 42.6 Å². The quantitative estimate of drug-likeness (QED) is 0.747. The van der Waals surface area contributed by atoms with Crippen molar-refractivity contribution < 1.29 is 19.4 Å². The minimum Gasteiger partial charge on any atom is -0.496 e. The summed E-state index contributed by atoms with van der Waals surface area (Å²) in [6.07, 6.45) is 3.79. The molecule has 0 aliphatic heterocycles. The molecule has 0 spiro atoms. The summed E-state index contributed by atoms with van der Waals surface area (Å²) in [5.41, 5.74) is 1.94. The number of carbonyl (C=O) groups excluding carboxylic acids is 1. The number of hydrogen-bond donors (Lipinski definition) is 2. The van der Waals surface area contributed by atoms with Gasteiger partial charge in [-0.2, -0.15) is 0 Å². The summed E-state index contributed by atoms with van der Waals surface area (Å²) >= 11 is 0. The van der Waals surface area contributed by atoms with Crippen molar-refractivity contribution in [3.05, 3.63) is 53.7 Å². The maximum atomic E-state index is 12.6. The number of aliphatic hydroxyl groups is 1. The lowest BCUT2D eigenvalue weighted by Crippen LogP contribution is -2.41. The number of rotatable bonds is 8. The van der Waals surface area contributed by atoms with Gasteiger partial charge in [0.1, 0.15) is 5.75 Å². The van der Waals surface area contributed by atoms with Crippen LogP contribution in [0.3, 0.4) is 0 Å². The van der Waals surface area contributed by atoms with Crippen molar-refractivity contribution >= 4 is 5.91 Å². The lowest BCUT2D eigenvalue weighted by atomic mass is 9.75. The van der Waals surface area contributed by atoms with E-state index in [1.807, 2.05) is 30.3 Å². The van der Waals surface area contributed by atoms with E-state index in [-0.39, 0.29) is 24.0 Å². The molecular weight excluding hydrogens is 344 g/mol. The van der Waals surface area contributed by atoms with Crippen molar-refractivity contribution in [2.24, 2.45) is 5.92 Å². The molecule has 2 aromatic rings. The molecule has 27 heavy (non-hydrogen) atoms. The first-order valence-corrected chi connectivity index (χ1v) is 9.20. The smallest absolute Gasteiger partial charge is 0.220 e. The molecule has 0 saturated heterocycles. The van der Waals surface area contributed by atoms with Gasteiger partial charge < -0.3 is 19.9 Å². The van der Waals surface area contributed by atoms with Gasteiger partial charge in [0.2, 0.25) is 11.8 Å². The molecule has 0 unspecified atom stereocenters. The van der Waals surface area contributed by atoms with Gasteiger partial charge in [0.05, 0.1) is 26.4 Å². The van der Waals surface area contributed by atoms with Crippen molar-refractivity contribution in [2.45, 2.75) is 37.8 Å². The van der Waals surface area contributed by atoms with E-state index in [1.54, 1.807) is 26.5 Å². The third kappa shape index (κ3) is 4.77. The van der Waals surface area contributed by atoms with Crippen LogP contribution in [0.2, 0.25) is 0 Å². The summed E-state index contributed by atoms with van der Waals surface area (Å²) in [6, 6.07) is 11.3. The van der Waals surface area contributed by atoms with Crippen molar-refractivity contribution in [3.63, 3.8) is 0 Å². The Kier molecular flexibility index (Phi) is 6.29. The zero-order chi connectivity index (χ0) is 19.2. The van der Waals surface area contributed by atoms with Gasteiger partial charge in [-0.05, 0) is 42.4 Å². The average Bonchev–Trinajstić information content (AvgIpc) is 2.68. The Morgan fingerprint density at radius 1 is 1.22 bits per heavy atom. The lowest BCUT2D eigenvalue weighted by molar-refractivity contribution is -0.123. The first kappa shape index (κ1) is 19.2. The topological polar surface area (TPSA) is 80.7 Å². The van der Waals surface area contributed by atoms with Crippen LogP contribution < -0.4 is 14.8 Å². The summed E-state index contributed by atoms with van der Waals surface area (Å²) in [4.78, 5) is 16.8. The number of nitrogens with zero attached hydrogens (tertiary/aromatic N) is 1. The van der Waals surface area contributed by atoms with E-state index in [1.165, 1.54) is 0 Å². The Bertz CT molecular complexity index is 757. The van der Waals surface area contributed by atoms with Crippen LogP contribution in [0.4, 0.5) is 0 Å². The Morgan fingerprint density at radius 2 is 2.00 bits per heavy atom. The van der Waals surface area contributed by atoms with Gasteiger partial charge in [0.25, 0.3) is 0 Å². The zero-order valence-corrected chi connectivity index (χ0v) is 15.7. The van der Waals surface area contributed by atoms with Crippen LogP contribution in [-0.2, 0) is 11.2 Å². The standard InChI is InChI=1S/C21H26N2O4/c1-26-18-6-4-3-5-14(18)7-9-19(25)23-21(16-11-17(24)12-16)15-8-10-20(27-2)22-13-15/h3-6,8,10,13,16-17,21,24H,7,9,11-12H2,1-2H3,(H,23,25)/t16?,17?,21-/m1/s1. The number of carbonyl (C=O) groups is 1. The largest absolute Gasteiger partial charge is 0.496 e. The Morgan fingerprint density at radius 3 is 2.63 bits per heavy atom. The zero-order valence-electron chi connectivity index (χ0n) is 15.7. The minimum atomic E-state index is -0.283. The van der Waals surface area contributed by atoms with Gasteiger partial charge in [0, 0.05) is 18.7 Å². The van der Waals surface area contributed by atoms with Crippen molar-refractivity contribution in [2.75, 3.05) is 14.2 Å². The summed E-state index contributed by atoms with van der Waals surface area (Å²) in [6.45, 7) is 0. The van der Waals surface area contributed by atoms with Crippen molar-refractivity contribution in [1.29, 1.82) is 0 Å². The number of hydrogen-bond acceptors (Lipinski definition) is 5. The van der Waals surface area contributed by atoms with Crippen LogP contribution >= 0.6 is 0 Å². The molecule has 1 aliphatic rings. The second kappa shape index (κ2) is 8.86. The maximum absolute atomic E-state index is 12.6. The van der Waals surface area contributed by atoms with Crippen molar-refractivity contribution in [3.8, 4) is 11.6 Å². The molecule has 1 atom stereocenters. The first-order valence-electron chi connectivity index (χ1n) is 9.20. The van der Waals surface area contributed by atoms with Gasteiger partial charge in [-0.25, -0.2) is 4.98 Å². The molecule has 1 amide bonds. The van der Waals surface area contributed by atoms with Crippen LogP contribution in [0, 0.1) is 5.92 Å².